The van der Waals surface area contributed by atoms with Gasteiger partial charge in [0, 0.05) is 0 Å². The number of carboxylic acids is 1. The van der Waals surface area contributed by atoms with Crippen LogP contribution in [0.5, 0.6) is 0 Å². The topological polar surface area (TPSA) is 37.3 Å². The second kappa shape index (κ2) is 5.02. The van der Waals surface area contributed by atoms with E-state index in [-0.39, 0.29) is 6.42 Å². The summed E-state index contributed by atoms with van der Waals surface area (Å²) in [5.41, 5.74) is 1.83. The van der Waals surface area contributed by atoms with Crippen LogP contribution in [0.1, 0.15) is 12.0 Å². The molecule has 0 saturated heterocycles. The second-order valence-corrected chi connectivity index (χ2v) is 2.89. The number of carboxylic acid groups (broad SMARTS) is 1. The third-order valence-corrected chi connectivity index (χ3v) is 1.76. The summed E-state index contributed by atoms with van der Waals surface area (Å²) in [6.07, 6.45) is 3.35. The molecule has 0 fully saturated rings. The molecule has 0 amide bonds. The minimum atomic E-state index is -0.831. The van der Waals surface area contributed by atoms with E-state index in [1.807, 2.05) is 30.3 Å². The van der Waals surface area contributed by atoms with E-state index >= 15 is 0 Å². The van der Waals surface area contributed by atoms with Gasteiger partial charge in [0.2, 0.25) is 0 Å². The molecule has 0 heterocycles. The normalized spacial score (nSPS) is 10.3. The summed E-state index contributed by atoms with van der Waals surface area (Å²) in [5.74, 6) is -0.831. The highest BCUT2D eigenvalue weighted by molar-refractivity contribution is 5.74. The van der Waals surface area contributed by atoms with Gasteiger partial charge in [0.25, 0.3) is 0 Å². The lowest BCUT2D eigenvalue weighted by atomic mass is 10.1. The zero-order chi connectivity index (χ0) is 10.4. The zero-order valence-electron chi connectivity index (χ0n) is 7.81. The first-order chi connectivity index (χ1) is 6.70. The Balaban J connectivity index is 2.59. The van der Waals surface area contributed by atoms with E-state index in [0.29, 0.717) is 0 Å². The van der Waals surface area contributed by atoms with Gasteiger partial charge in [-0.15, -0.1) is 0 Å². The van der Waals surface area contributed by atoms with E-state index < -0.39 is 5.97 Å². The number of benzene rings is 1. The van der Waals surface area contributed by atoms with Gasteiger partial charge >= 0.3 is 5.97 Å². The van der Waals surface area contributed by atoms with E-state index in [1.54, 1.807) is 12.2 Å². The Kier molecular flexibility index (Phi) is 3.68. The van der Waals surface area contributed by atoms with Crippen LogP contribution in [0.3, 0.4) is 0 Å². The van der Waals surface area contributed by atoms with Crippen LogP contribution in [-0.2, 0) is 4.79 Å². The maximum absolute atomic E-state index is 10.2. The zero-order valence-corrected chi connectivity index (χ0v) is 7.81. The Bertz CT molecular complexity index is 350. The third-order valence-electron chi connectivity index (χ3n) is 1.76. The highest BCUT2D eigenvalue weighted by atomic mass is 16.4. The molecule has 1 N–H and O–H groups in total. The molecule has 72 valence electrons. The van der Waals surface area contributed by atoms with Crippen molar-refractivity contribution in [2.45, 2.75) is 6.42 Å². The standard InChI is InChI=1S/C12H12O2/c1-10(6-5-9-12(13)14)11-7-3-2-4-8-11/h2-8H,1,9H2,(H,13,14)/b6-5+. The molecule has 2 nitrogen and oxygen atoms in total. The first-order valence-corrected chi connectivity index (χ1v) is 4.33. The van der Waals surface area contributed by atoms with Crippen LogP contribution < -0.4 is 0 Å². The summed E-state index contributed by atoms with van der Waals surface area (Å²) >= 11 is 0. The van der Waals surface area contributed by atoms with Crippen LogP contribution in [0.15, 0.2) is 49.1 Å². The Morgan fingerprint density at radius 2 is 2.00 bits per heavy atom. The SMILES string of the molecule is C=C(/C=C/CC(=O)O)c1ccccc1. The molecule has 14 heavy (non-hydrogen) atoms. The number of hydrogen-bond donors (Lipinski definition) is 1. The van der Waals surface area contributed by atoms with Gasteiger partial charge in [0.05, 0.1) is 6.42 Å². The van der Waals surface area contributed by atoms with Crippen LogP contribution >= 0.6 is 0 Å². The summed E-state index contributed by atoms with van der Waals surface area (Å²) in [6.45, 7) is 3.84. The molecule has 2 heteroatoms. The monoisotopic (exact) mass is 188 g/mol. The van der Waals surface area contributed by atoms with Gasteiger partial charge in [-0.1, -0.05) is 49.1 Å². The molecular formula is C12H12O2. The van der Waals surface area contributed by atoms with Gasteiger partial charge in [0.1, 0.15) is 0 Å². The largest absolute Gasteiger partial charge is 0.481 e. The van der Waals surface area contributed by atoms with Gasteiger partial charge in [-0.25, -0.2) is 0 Å². The number of carbonyl (C=O) groups is 1. The fraction of sp³-hybridized carbons (Fsp3) is 0.0833. The molecule has 0 atom stereocenters. The van der Waals surface area contributed by atoms with E-state index in [9.17, 15) is 4.79 Å². The third kappa shape index (κ3) is 3.27. The Morgan fingerprint density at radius 3 is 2.57 bits per heavy atom. The van der Waals surface area contributed by atoms with E-state index in [4.69, 9.17) is 5.11 Å². The molecule has 1 rings (SSSR count). The molecular weight excluding hydrogens is 176 g/mol. The number of rotatable bonds is 4. The quantitative estimate of drug-likeness (QED) is 0.737. The van der Waals surface area contributed by atoms with Crippen LogP contribution in [0.25, 0.3) is 5.57 Å². The first-order valence-electron chi connectivity index (χ1n) is 4.33. The molecule has 0 aliphatic heterocycles. The summed E-state index contributed by atoms with van der Waals surface area (Å²) < 4.78 is 0. The molecule has 0 aromatic heterocycles. The lowest BCUT2D eigenvalue weighted by Gasteiger charge is -1.98. The first kappa shape index (κ1) is 10.3. The molecule has 0 radical (unpaired) electrons. The lowest BCUT2D eigenvalue weighted by Crippen LogP contribution is -1.89. The van der Waals surface area contributed by atoms with E-state index in [1.165, 1.54) is 0 Å². The van der Waals surface area contributed by atoms with Crippen LogP contribution in [-0.4, -0.2) is 11.1 Å². The number of allylic oxidation sites excluding steroid dienone is 2. The molecule has 1 aromatic rings. The minimum Gasteiger partial charge on any atom is -0.481 e. The van der Waals surface area contributed by atoms with Gasteiger partial charge in [-0.3, -0.25) is 4.79 Å². The highest BCUT2D eigenvalue weighted by Crippen LogP contribution is 2.12. The van der Waals surface area contributed by atoms with Crippen molar-refractivity contribution in [1.29, 1.82) is 0 Å². The summed E-state index contributed by atoms with van der Waals surface area (Å²) in [4.78, 5) is 10.2. The van der Waals surface area contributed by atoms with Gasteiger partial charge in [-0.2, -0.15) is 0 Å². The summed E-state index contributed by atoms with van der Waals surface area (Å²) in [7, 11) is 0. The van der Waals surface area contributed by atoms with E-state index in [0.717, 1.165) is 11.1 Å². The Morgan fingerprint density at radius 1 is 1.36 bits per heavy atom. The fourth-order valence-corrected chi connectivity index (χ4v) is 1.05. The van der Waals surface area contributed by atoms with Crippen molar-refractivity contribution >= 4 is 11.5 Å². The molecule has 1 aromatic carbocycles. The van der Waals surface area contributed by atoms with Crippen molar-refractivity contribution in [2.24, 2.45) is 0 Å². The Labute approximate surface area is 83.2 Å². The van der Waals surface area contributed by atoms with Crippen molar-refractivity contribution < 1.29 is 9.90 Å². The van der Waals surface area contributed by atoms with E-state index in [2.05, 4.69) is 6.58 Å². The maximum Gasteiger partial charge on any atom is 0.307 e. The molecule has 0 unspecified atom stereocenters. The van der Waals surface area contributed by atoms with Crippen LogP contribution in [0.4, 0.5) is 0 Å². The van der Waals surface area contributed by atoms with Gasteiger partial charge in [-0.05, 0) is 11.1 Å². The fourth-order valence-electron chi connectivity index (χ4n) is 1.05. The number of aliphatic carboxylic acids is 1. The average molecular weight is 188 g/mol. The summed E-state index contributed by atoms with van der Waals surface area (Å²) in [5, 5.41) is 8.42. The highest BCUT2D eigenvalue weighted by Gasteiger charge is 1.93. The molecule has 0 spiro atoms. The Hall–Kier alpha value is -1.83. The maximum atomic E-state index is 10.2. The second-order valence-electron chi connectivity index (χ2n) is 2.89. The smallest absolute Gasteiger partial charge is 0.307 e. The van der Waals surface area contributed by atoms with Crippen molar-refractivity contribution in [3.8, 4) is 0 Å². The van der Waals surface area contributed by atoms with Crippen molar-refractivity contribution in [3.63, 3.8) is 0 Å². The molecule has 0 saturated carbocycles. The number of hydrogen-bond acceptors (Lipinski definition) is 1. The van der Waals surface area contributed by atoms with Gasteiger partial charge in [0.15, 0.2) is 0 Å². The molecule has 0 aliphatic carbocycles. The predicted molar refractivity (Wildman–Crippen MR) is 56.9 cm³/mol. The van der Waals surface area contributed by atoms with Crippen LogP contribution in [0.2, 0.25) is 0 Å². The molecule has 0 bridgehead atoms. The van der Waals surface area contributed by atoms with Crippen molar-refractivity contribution in [3.05, 3.63) is 54.6 Å². The average Bonchev–Trinajstić information content (AvgIpc) is 2.18. The summed E-state index contributed by atoms with van der Waals surface area (Å²) in [6, 6.07) is 9.65. The predicted octanol–water partition coefficient (Wildman–Crippen LogP) is 2.73. The lowest BCUT2D eigenvalue weighted by molar-refractivity contribution is -0.135. The van der Waals surface area contributed by atoms with Crippen molar-refractivity contribution in [1.82, 2.24) is 0 Å². The molecule has 0 aliphatic rings. The van der Waals surface area contributed by atoms with Crippen LogP contribution in [0, 0.1) is 0 Å². The minimum absolute atomic E-state index is 0.0336. The van der Waals surface area contributed by atoms with Gasteiger partial charge < -0.3 is 5.11 Å². The van der Waals surface area contributed by atoms with Crippen molar-refractivity contribution in [2.75, 3.05) is 0 Å².